The first kappa shape index (κ1) is 12.7. The van der Waals surface area contributed by atoms with Crippen molar-refractivity contribution in [3.8, 4) is 0 Å². The Morgan fingerprint density at radius 1 is 1.40 bits per heavy atom. The molecule has 0 radical (unpaired) electrons. The molecular weight excluding hydrogens is 204 g/mol. The molecule has 1 rings (SSSR count). The number of thiazole rings is 1. The van der Waals surface area contributed by atoms with Crippen LogP contribution in [0.1, 0.15) is 37.9 Å². The van der Waals surface area contributed by atoms with E-state index in [1.807, 2.05) is 0 Å². The van der Waals surface area contributed by atoms with Gasteiger partial charge in [-0.2, -0.15) is 0 Å². The summed E-state index contributed by atoms with van der Waals surface area (Å²) in [6.07, 6.45) is 2.29. The Kier molecular flexibility index (Phi) is 5.26. The van der Waals surface area contributed by atoms with E-state index in [1.165, 1.54) is 11.4 Å². The average molecular weight is 226 g/mol. The van der Waals surface area contributed by atoms with Crippen molar-refractivity contribution < 1.29 is 0 Å². The third kappa shape index (κ3) is 4.76. The predicted molar refractivity (Wildman–Crippen MR) is 67.5 cm³/mol. The minimum absolute atomic E-state index is 0.614. The van der Waals surface area contributed by atoms with E-state index in [2.05, 4.69) is 43.4 Å². The summed E-state index contributed by atoms with van der Waals surface area (Å²) in [7, 11) is 0. The van der Waals surface area contributed by atoms with E-state index < -0.39 is 0 Å². The molecule has 1 N–H and O–H groups in total. The third-order valence-corrected chi connectivity index (χ3v) is 3.73. The van der Waals surface area contributed by atoms with Gasteiger partial charge >= 0.3 is 0 Å². The number of rotatable bonds is 6. The Morgan fingerprint density at radius 2 is 2.13 bits per heavy atom. The largest absolute Gasteiger partial charge is 0.314 e. The fraction of sp³-hybridized carbons (Fsp3) is 0.750. The fourth-order valence-electron chi connectivity index (χ4n) is 1.32. The highest BCUT2D eigenvalue weighted by Crippen LogP contribution is 2.10. The first-order valence-electron chi connectivity index (χ1n) is 5.74. The quantitative estimate of drug-likeness (QED) is 0.754. The Hall–Kier alpha value is -0.410. The average Bonchev–Trinajstić information content (AvgIpc) is 2.58. The summed E-state index contributed by atoms with van der Waals surface area (Å²) in [5.41, 5.74) is 1.15. The fourth-order valence-corrected chi connectivity index (χ4v) is 2.14. The summed E-state index contributed by atoms with van der Waals surface area (Å²) in [5.74, 6) is 0.715. The zero-order chi connectivity index (χ0) is 11.3. The lowest BCUT2D eigenvalue weighted by molar-refractivity contribution is 0.424. The molecule has 0 bridgehead atoms. The van der Waals surface area contributed by atoms with Gasteiger partial charge in [-0.25, -0.2) is 4.98 Å². The highest BCUT2D eigenvalue weighted by atomic mass is 32.1. The molecule has 0 aliphatic rings. The molecule has 3 heteroatoms. The highest BCUT2D eigenvalue weighted by molar-refractivity contribution is 7.09. The molecule has 0 saturated carbocycles. The summed E-state index contributed by atoms with van der Waals surface area (Å²) in [5, 5.41) is 6.93. The standard InChI is InChI=1S/C12H22N2S/c1-9(2)11(4)13-7-5-6-12-14-10(3)8-15-12/h8-9,11,13H,5-7H2,1-4H3. The molecule has 1 heterocycles. The first-order chi connectivity index (χ1) is 7.09. The second-order valence-corrected chi connectivity index (χ2v) is 5.42. The summed E-state index contributed by atoms with van der Waals surface area (Å²) in [6, 6.07) is 0.614. The molecule has 1 aromatic heterocycles. The number of aryl methyl sites for hydroxylation is 2. The predicted octanol–water partition coefficient (Wildman–Crippen LogP) is 3.02. The normalized spacial score (nSPS) is 13.4. The van der Waals surface area contributed by atoms with E-state index in [0.717, 1.165) is 18.7 Å². The molecule has 0 aliphatic carbocycles. The number of nitrogens with zero attached hydrogens (tertiary/aromatic N) is 1. The molecule has 86 valence electrons. The van der Waals surface area contributed by atoms with Crippen LogP contribution in [0.5, 0.6) is 0 Å². The second kappa shape index (κ2) is 6.23. The van der Waals surface area contributed by atoms with Crippen LogP contribution < -0.4 is 5.32 Å². The van der Waals surface area contributed by atoms with Crippen LogP contribution in [0, 0.1) is 12.8 Å². The molecule has 0 aromatic carbocycles. The van der Waals surface area contributed by atoms with Gasteiger partial charge in [0.2, 0.25) is 0 Å². The van der Waals surface area contributed by atoms with Gasteiger partial charge in [-0.3, -0.25) is 0 Å². The zero-order valence-corrected chi connectivity index (χ0v) is 11.0. The number of hydrogen-bond donors (Lipinski definition) is 1. The number of aromatic nitrogens is 1. The smallest absolute Gasteiger partial charge is 0.0928 e. The minimum atomic E-state index is 0.614. The lowest BCUT2D eigenvalue weighted by Gasteiger charge is -2.16. The van der Waals surface area contributed by atoms with Gasteiger partial charge < -0.3 is 5.32 Å². The molecule has 0 amide bonds. The topological polar surface area (TPSA) is 24.9 Å². The van der Waals surface area contributed by atoms with E-state index in [0.29, 0.717) is 12.0 Å². The summed E-state index contributed by atoms with van der Waals surface area (Å²) in [4.78, 5) is 4.45. The molecule has 15 heavy (non-hydrogen) atoms. The van der Waals surface area contributed by atoms with Crippen LogP contribution in [0.15, 0.2) is 5.38 Å². The van der Waals surface area contributed by atoms with Gasteiger partial charge in [0.25, 0.3) is 0 Å². The summed E-state index contributed by atoms with van der Waals surface area (Å²) >= 11 is 1.78. The lowest BCUT2D eigenvalue weighted by atomic mass is 10.1. The zero-order valence-electron chi connectivity index (χ0n) is 10.2. The van der Waals surface area contributed by atoms with Crippen LogP contribution in [-0.2, 0) is 6.42 Å². The van der Waals surface area contributed by atoms with Crippen molar-refractivity contribution in [2.45, 2.75) is 46.6 Å². The molecule has 1 unspecified atom stereocenters. The van der Waals surface area contributed by atoms with Crippen molar-refractivity contribution in [2.75, 3.05) is 6.54 Å². The Balaban J connectivity index is 2.12. The molecule has 0 fully saturated rings. The van der Waals surface area contributed by atoms with E-state index in [-0.39, 0.29) is 0 Å². The van der Waals surface area contributed by atoms with Crippen molar-refractivity contribution in [3.05, 3.63) is 16.1 Å². The molecule has 0 saturated heterocycles. The van der Waals surface area contributed by atoms with Crippen molar-refractivity contribution >= 4 is 11.3 Å². The van der Waals surface area contributed by atoms with Crippen LogP contribution in [0.2, 0.25) is 0 Å². The maximum absolute atomic E-state index is 4.45. The van der Waals surface area contributed by atoms with Gasteiger partial charge in [0.05, 0.1) is 5.01 Å². The maximum Gasteiger partial charge on any atom is 0.0928 e. The molecule has 1 aromatic rings. The van der Waals surface area contributed by atoms with Crippen LogP contribution in [0.25, 0.3) is 0 Å². The third-order valence-electron chi connectivity index (χ3n) is 2.70. The van der Waals surface area contributed by atoms with Crippen molar-refractivity contribution in [1.29, 1.82) is 0 Å². The van der Waals surface area contributed by atoms with Gasteiger partial charge in [0.1, 0.15) is 0 Å². The molecular formula is C12H22N2S. The summed E-state index contributed by atoms with van der Waals surface area (Å²) in [6.45, 7) is 9.90. The Bertz CT molecular complexity index is 281. The summed E-state index contributed by atoms with van der Waals surface area (Å²) < 4.78 is 0. The van der Waals surface area contributed by atoms with Gasteiger partial charge in [0.15, 0.2) is 0 Å². The molecule has 0 spiro atoms. The Labute approximate surface area is 97.1 Å². The number of hydrogen-bond acceptors (Lipinski definition) is 3. The van der Waals surface area contributed by atoms with Crippen molar-refractivity contribution in [3.63, 3.8) is 0 Å². The van der Waals surface area contributed by atoms with Gasteiger partial charge in [-0.1, -0.05) is 13.8 Å². The van der Waals surface area contributed by atoms with Gasteiger partial charge in [-0.15, -0.1) is 11.3 Å². The van der Waals surface area contributed by atoms with Crippen LogP contribution in [0.3, 0.4) is 0 Å². The van der Waals surface area contributed by atoms with E-state index >= 15 is 0 Å². The van der Waals surface area contributed by atoms with E-state index in [9.17, 15) is 0 Å². The van der Waals surface area contributed by atoms with Gasteiger partial charge in [0, 0.05) is 23.5 Å². The second-order valence-electron chi connectivity index (χ2n) is 4.47. The van der Waals surface area contributed by atoms with Crippen LogP contribution >= 0.6 is 11.3 Å². The van der Waals surface area contributed by atoms with Crippen molar-refractivity contribution in [1.82, 2.24) is 10.3 Å². The SMILES string of the molecule is Cc1csc(CCCNC(C)C(C)C)n1. The van der Waals surface area contributed by atoms with Gasteiger partial charge in [-0.05, 0) is 32.7 Å². The first-order valence-corrected chi connectivity index (χ1v) is 6.62. The lowest BCUT2D eigenvalue weighted by Crippen LogP contribution is -2.31. The monoisotopic (exact) mass is 226 g/mol. The maximum atomic E-state index is 4.45. The minimum Gasteiger partial charge on any atom is -0.314 e. The molecule has 1 atom stereocenters. The molecule has 0 aliphatic heterocycles. The number of nitrogens with one attached hydrogen (secondary N) is 1. The van der Waals surface area contributed by atoms with Crippen molar-refractivity contribution in [2.24, 2.45) is 5.92 Å². The van der Waals surface area contributed by atoms with E-state index in [4.69, 9.17) is 0 Å². The van der Waals surface area contributed by atoms with Crippen LogP contribution in [-0.4, -0.2) is 17.6 Å². The van der Waals surface area contributed by atoms with E-state index in [1.54, 1.807) is 11.3 Å². The Morgan fingerprint density at radius 3 is 2.67 bits per heavy atom. The highest BCUT2D eigenvalue weighted by Gasteiger charge is 2.05. The molecule has 2 nitrogen and oxygen atoms in total. The van der Waals surface area contributed by atoms with Crippen LogP contribution in [0.4, 0.5) is 0 Å².